The van der Waals surface area contributed by atoms with E-state index in [1.807, 2.05) is 11.4 Å². The molecule has 0 aliphatic heterocycles. The van der Waals surface area contributed by atoms with Gasteiger partial charge in [0, 0.05) is 20.3 Å². The summed E-state index contributed by atoms with van der Waals surface area (Å²) in [6.07, 6.45) is 2.08. The summed E-state index contributed by atoms with van der Waals surface area (Å²) in [5.41, 5.74) is 0. The molecule has 0 saturated carbocycles. The van der Waals surface area contributed by atoms with Crippen LogP contribution in [-0.4, -0.2) is 28.5 Å². The zero-order valence-corrected chi connectivity index (χ0v) is 11.3. The Morgan fingerprint density at radius 3 is 3.12 bits per heavy atom. The lowest BCUT2D eigenvalue weighted by molar-refractivity contribution is 0.191. The van der Waals surface area contributed by atoms with Gasteiger partial charge in [0.15, 0.2) is 10.6 Å². The molecule has 6 heteroatoms. The molecule has 0 spiro atoms. The van der Waals surface area contributed by atoms with E-state index < -0.39 is 0 Å². The molecule has 17 heavy (non-hydrogen) atoms. The van der Waals surface area contributed by atoms with Crippen LogP contribution in [0, 0.1) is 4.77 Å². The van der Waals surface area contributed by atoms with Crippen LogP contribution >= 0.6 is 23.6 Å². The molecule has 1 N–H and O–H groups in total. The van der Waals surface area contributed by atoms with Crippen LogP contribution in [0.4, 0.5) is 0 Å². The third kappa shape index (κ3) is 3.02. The number of hydrogen-bond donors (Lipinski definition) is 1. The zero-order valence-electron chi connectivity index (χ0n) is 9.68. The number of nitrogens with zero attached hydrogens (tertiary/aromatic N) is 2. The van der Waals surface area contributed by atoms with Crippen molar-refractivity contribution in [2.24, 2.45) is 0 Å². The predicted octanol–water partition coefficient (Wildman–Crippen LogP) is 3.10. The number of hydrogen-bond acceptors (Lipinski definition) is 4. The summed E-state index contributed by atoms with van der Waals surface area (Å²) >= 11 is 6.92. The molecular weight excluding hydrogens is 254 g/mol. The highest BCUT2D eigenvalue weighted by Crippen LogP contribution is 2.22. The van der Waals surface area contributed by atoms with Gasteiger partial charge in [0.2, 0.25) is 0 Å². The standard InChI is InChI=1S/C11H15N3OS2/c1-15-7-3-2-6-14-10(12-13-11(14)16)9-5-4-8-17-9/h4-5,8H,2-3,6-7H2,1H3,(H,13,16). The molecule has 0 saturated heterocycles. The number of ether oxygens (including phenoxy) is 1. The molecule has 0 aliphatic rings. The third-order valence-electron chi connectivity index (χ3n) is 2.48. The van der Waals surface area contributed by atoms with Gasteiger partial charge in [-0.3, -0.25) is 9.67 Å². The minimum Gasteiger partial charge on any atom is -0.385 e. The summed E-state index contributed by atoms with van der Waals surface area (Å²) in [6, 6.07) is 4.08. The van der Waals surface area contributed by atoms with E-state index in [0.717, 1.165) is 36.7 Å². The fraction of sp³-hybridized carbons (Fsp3) is 0.455. The van der Waals surface area contributed by atoms with Gasteiger partial charge in [0.25, 0.3) is 0 Å². The molecule has 0 radical (unpaired) electrons. The molecule has 0 unspecified atom stereocenters. The van der Waals surface area contributed by atoms with E-state index in [1.54, 1.807) is 18.4 Å². The molecule has 0 aliphatic carbocycles. The van der Waals surface area contributed by atoms with Crippen LogP contribution < -0.4 is 0 Å². The van der Waals surface area contributed by atoms with Crippen molar-refractivity contribution >= 4 is 23.6 Å². The average molecular weight is 269 g/mol. The van der Waals surface area contributed by atoms with Gasteiger partial charge in [-0.15, -0.1) is 11.3 Å². The van der Waals surface area contributed by atoms with E-state index in [0.29, 0.717) is 4.77 Å². The molecule has 2 heterocycles. The Hall–Kier alpha value is -0.980. The quantitative estimate of drug-likeness (QED) is 0.647. The van der Waals surface area contributed by atoms with Crippen molar-refractivity contribution in [3.05, 3.63) is 22.3 Å². The van der Waals surface area contributed by atoms with E-state index >= 15 is 0 Å². The molecule has 0 amide bonds. The molecular formula is C11H15N3OS2. The summed E-state index contributed by atoms with van der Waals surface area (Å²) in [6.45, 7) is 1.67. The maximum Gasteiger partial charge on any atom is 0.195 e. The van der Waals surface area contributed by atoms with Crippen LogP contribution in [-0.2, 0) is 11.3 Å². The van der Waals surface area contributed by atoms with Crippen molar-refractivity contribution in [2.75, 3.05) is 13.7 Å². The third-order valence-corrected chi connectivity index (χ3v) is 3.66. The second-order valence-corrected chi connectivity index (χ2v) is 5.02. The van der Waals surface area contributed by atoms with Gasteiger partial charge >= 0.3 is 0 Å². The lowest BCUT2D eigenvalue weighted by Crippen LogP contribution is -2.01. The largest absolute Gasteiger partial charge is 0.385 e. The van der Waals surface area contributed by atoms with E-state index in [1.165, 1.54) is 0 Å². The number of rotatable bonds is 6. The van der Waals surface area contributed by atoms with Gasteiger partial charge in [-0.25, -0.2) is 0 Å². The lowest BCUT2D eigenvalue weighted by Gasteiger charge is -2.04. The van der Waals surface area contributed by atoms with Crippen molar-refractivity contribution in [1.82, 2.24) is 14.8 Å². The van der Waals surface area contributed by atoms with Gasteiger partial charge in [-0.1, -0.05) is 6.07 Å². The van der Waals surface area contributed by atoms with Crippen molar-refractivity contribution < 1.29 is 4.74 Å². The van der Waals surface area contributed by atoms with Crippen molar-refractivity contribution in [2.45, 2.75) is 19.4 Å². The minimum atomic E-state index is 0.686. The number of thiophene rings is 1. The molecule has 0 bridgehead atoms. The van der Waals surface area contributed by atoms with Crippen LogP contribution in [0.1, 0.15) is 12.8 Å². The van der Waals surface area contributed by atoms with Crippen LogP contribution in [0.25, 0.3) is 10.7 Å². The number of H-pyrrole nitrogens is 1. The first-order valence-electron chi connectivity index (χ1n) is 5.51. The summed E-state index contributed by atoms with van der Waals surface area (Å²) in [7, 11) is 1.72. The van der Waals surface area contributed by atoms with E-state index in [4.69, 9.17) is 17.0 Å². The first kappa shape index (κ1) is 12.5. The second-order valence-electron chi connectivity index (χ2n) is 3.68. The van der Waals surface area contributed by atoms with Crippen LogP contribution in [0.3, 0.4) is 0 Å². The Morgan fingerprint density at radius 1 is 1.53 bits per heavy atom. The number of aromatic nitrogens is 3. The summed E-state index contributed by atoms with van der Waals surface area (Å²) in [5.74, 6) is 0.933. The fourth-order valence-electron chi connectivity index (χ4n) is 1.64. The van der Waals surface area contributed by atoms with Gasteiger partial charge in [-0.05, 0) is 36.5 Å². The molecule has 2 aromatic heterocycles. The summed E-state index contributed by atoms with van der Waals surface area (Å²) in [4.78, 5) is 1.14. The Balaban J connectivity index is 2.11. The fourth-order valence-corrected chi connectivity index (χ4v) is 2.58. The smallest absolute Gasteiger partial charge is 0.195 e. The number of nitrogens with one attached hydrogen (secondary N) is 1. The van der Waals surface area contributed by atoms with Gasteiger partial charge in [-0.2, -0.15) is 5.10 Å². The predicted molar refractivity (Wildman–Crippen MR) is 71.8 cm³/mol. The summed E-state index contributed by atoms with van der Waals surface area (Å²) in [5, 5.41) is 9.18. The van der Waals surface area contributed by atoms with Crippen LogP contribution in [0.5, 0.6) is 0 Å². The van der Waals surface area contributed by atoms with Crippen molar-refractivity contribution in [3.63, 3.8) is 0 Å². The number of unbranched alkanes of at least 4 members (excludes halogenated alkanes) is 1. The van der Waals surface area contributed by atoms with Gasteiger partial charge in [0.05, 0.1) is 4.88 Å². The van der Waals surface area contributed by atoms with Gasteiger partial charge < -0.3 is 4.74 Å². The van der Waals surface area contributed by atoms with Gasteiger partial charge in [0.1, 0.15) is 0 Å². The highest BCUT2D eigenvalue weighted by atomic mass is 32.1. The number of methoxy groups -OCH3 is 1. The first-order chi connectivity index (χ1) is 8.33. The number of aromatic amines is 1. The Labute approximate surface area is 109 Å². The molecule has 92 valence electrons. The second kappa shape index (κ2) is 6.09. The molecule has 0 fully saturated rings. The highest BCUT2D eigenvalue weighted by molar-refractivity contribution is 7.71. The maximum absolute atomic E-state index is 5.24. The monoisotopic (exact) mass is 269 g/mol. The minimum absolute atomic E-state index is 0.686. The van der Waals surface area contributed by atoms with E-state index in [-0.39, 0.29) is 0 Å². The van der Waals surface area contributed by atoms with Crippen molar-refractivity contribution in [3.8, 4) is 10.7 Å². The topological polar surface area (TPSA) is 42.8 Å². The average Bonchev–Trinajstić information content (AvgIpc) is 2.94. The lowest BCUT2D eigenvalue weighted by atomic mass is 10.3. The molecule has 2 rings (SSSR count). The van der Waals surface area contributed by atoms with Crippen LogP contribution in [0.2, 0.25) is 0 Å². The van der Waals surface area contributed by atoms with E-state index in [2.05, 4.69) is 20.8 Å². The van der Waals surface area contributed by atoms with E-state index in [9.17, 15) is 0 Å². The first-order valence-corrected chi connectivity index (χ1v) is 6.79. The Bertz CT molecular complexity index is 501. The maximum atomic E-state index is 5.24. The molecule has 2 aromatic rings. The van der Waals surface area contributed by atoms with Crippen molar-refractivity contribution in [1.29, 1.82) is 0 Å². The normalized spacial score (nSPS) is 10.9. The highest BCUT2D eigenvalue weighted by Gasteiger charge is 2.08. The Kier molecular flexibility index (Phi) is 4.47. The zero-order chi connectivity index (χ0) is 12.1. The Morgan fingerprint density at radius 2 is 2.41 bits per heavy atom. The molecule has 4 nitrogen and oxygen atoms in total. The molecule has 0 aromatic carbocycles. The SMILES string of the molecule is COCCCCn1c(-c2cccs2)n[nH]c1=S. The van der Waals surface area contributed by atoms with Crippen LogP contribution in [0.15, 0.2) is 17.5 Å². The molecule has 0 atom stereocenters. The summed E-state index contributed by atoms with van der Waals surface area (Å²) < 4.78 is 7.78.